The number of aromatic nitrogens is 1. The molecule has 0 aliphatic carbocycles. The standard InChI is InChI=1S/C24H30FN3O3S3.ClH/c1-4-27(5-2)14-15-28(24-26-21-13-10-19(32-3)17-22(21)33-24)23(29)7-6-16-34(30,31)20-11-8-18(25)9-12-20;/h8-13,17H,4-7,14-16H2,1-3H3;1H. The van der Waals surface area contributed by atoms with E-state index in [-0.39, 0.29) is 41.8 Å². The van der Waals surface area contributed by atoms with Gasteiger partial charge < -0.3 is 4.90 Å². The number of thiazole rings is 1. The summed E-state index contributed by atoms with van der Waals surface area (Å²) in [6.07, 6.45) is 2.29. The van der Waals surface area contributed by atoms with E-state index in [1.165, 1.54) is 23.5 Å². The minimum absolute atomic E-state index is 0. The molecule has 0 atom stereocenters. The molecule has 11 heteroatoms. The molecule has 1 heterocycles. The van der Waals surface area contributed by atoms with Crippen molar-refractivity contribution in [3.8, 4) is 0 Å². The summed E-state index contributed by atoms with van der Waals surface area (Å²) in [6.45, 7) is 7.12. The highest BCUT2D eigenvalue weighted by molar-refractivity contribution is 7.98. The number of rotatable bonds is 12. The third-order valence-electron chi connectivity index (χ3n) is 5.63. The van der Waals surface area contributed by atoms with Crippen LogP contribution in [0.3, 0.4) is 0 Å². The zero-order valence-corrected chi connectivity index (χ0v) is 23.3. The van der Waals surface area contributed by atoms with E-state index < -0.39 is 15.7 Å². The summed E-state index contributed by atoms with van der Waals surface area (Å²) in [5, 5.41) is 0.631. The van der Waals surface area contributed by atoms with Crippen molar-refractivity contribution < 1.29 is 17.6 Å². The molecule has 0 radical (unpaired) electrons. The van der Waals surface area contributed by atoms with Gasteiger partial charge in [0.05, 0.1) is 20.9 Å². The number of benzene rings is 2. The van der Waals surface area contributed by atoms with Crippen LogP contribution in [0.15, 0.2) is 52.3 Å². The Kier molecular flexibility index (Phi) is 11.4. The summed E-state index contributed by atoms with van der Waals surface area (Å²) < 4.78 is 39.3. The first-order valence-electron chi connectivity index (χ1n) is 11.2. The van der Waals surface area contributed by atoms with Crippen LogP contribution in [0.25, 0.3) is 10.2 Å². The molecule has 6 nitrogen and oxygen atoms in total. The average molecular weight is 560 g/mol. The van der Waals surface area contributed by atoms with Gasteiger partial charge in [0.1, 0.15) is 5.82 Å². The van der Waals surface area contributed by atoms with Crippen LogP contribution in [0, 0.1) is 5.82 Å². The zero-order valence-electron chi connectivity index (χ0n) is 20.1. The molecule has 1 amide bonds. The van der Waals surface area contributed by atoms with Gasteiger partial charge in [0, 0.05) is 24.4 Å². The molecule has 0 saturated carbocycles. The highest BCUT2D eigenvalue weighted by Crippen LogP contribution is 2.32. The van der Waals surface area contributed by atoms with Gasteiger partial charge in [-0.05, 0) is 68.2 Å². The Labute approximate surface area is 221 Å². The van der Waals surface area contributed by atoms with Gasteiger partial charge in [-0.1, -0.05) is 25.2 Å². The first-order chi connectivity index (χ1) is 16.3. The molecule has 192 valence electrons. The number of hydrogen-bond donors (Lipinski definition) is 0. The molecule has 3 aromatic rings. The molecule has 3 rings (SSSR count). The Hall–Kier alpha value is -1.72. The van der Waals surface area contributed by atoms with Crippen LogP contribution in [0.5, 0.6) is 0 Å². The van der Waals surface area contributed by atoms with Crippen LogP contribution < -0.4 is 4.90 Å². The molecule has 0 N–H and O–H groups in total. The Morgan fingerprint density at radius 3 is 2.40 bits per heavy atom. The topological polar surface area (TPSA) is 70.6 Å². The number of sulfone groups is 1. The van der Waals surface area contributed by atoms with Crippen molar-refractivity contribution in [1.29, 1.82) is 0 Å². The largest absolute Gasteiger partial charge is 0.302 e. The summed E-state index contributed by atoms with van der Waals surface area (Å²) in [5.74, 6) is -0.811. The van der Waals surface area contributed by atoms with Gasteiger partial charge in [0.2, 0.25) is 5.91 Å². The molecule has 2 aromatic carbocycles. The molecule has 1 aromatic heterocycles. The molecule has 0 aliphatic heterocycles. The van der Waals surface area contributed by atoms with Crippen LogP contribution in [-0.2, 0) is 14.6 Å². The van der Waals surface area contributed by atoms with E-state index in [4.69, 9.17) is 4.98 Å². The normalized spacial score (nSPS) is 11.6. The number of thioether (sulfide) groups is 1. The predicted molar refractivity (Wildman–Crippen MR) is 146 cm³/mol. The lowest BCUT2D eigenvalue weighted by atomic mass is 10.3. The number of amides is 1. The predicted octanol–water partition coefficient (Wildman–Crippen LogP) is 5.51. The zero-order chi connectivity index (χ0) is 24.7. The number of carbonyl (C=O) groups is 1. The fourth-order valence-corrected chi connectivity index (χ4v) is 6.43. The second-order valence-electron chi connectivity index (χ2n) is 7.78. The van der Waals surface area contributed by atoms with Gasteiger partial charge in [0.15, 0.2) is 15.0 Å². The summed E-state index contributed by atoms with van der Waals surface area (Å²) in [6, 6.07) is 10.8. The molecule has 0 fully saturated rings. The van der Waals surface area contributed by atoms with Crippen molar-refractivity contribution in [3.63, 3.8) is 0 Å². The average Bonchev–Trinajstić information content (AvgIpc) is 3.24. The minimum Gasteiger partial charge on any atom is -0.302 e. The number of nitrogens with zero attached hydrogens (tertiary/aromatic N) is 3. The Bertz CT molecular complexity index is 1220. The lowest BCUT2D eigenvalue weighted by molar-refractivity contribution is -0.118. The van der Waals surface area contributed by atoms with Gasteiger partial charge in [-0.2, -0.15) is 0 Å². The number of halogens is 2. The van der Waals surface area contributed by atoms with Crippen molar-refractivity contribution in [2.75, 3.05) is 43.1 Å². The summed E-state index contributed by atoms with van der Waals surface area (Å²) in [4.78, 5) is 23.0. The van der Waals surface area contributed by atoms with Crippen LogP contribution in [0.2, 0.25) is 0 Å². The fourth-order valence-electron chi connectivity index (χ4n) is 3.55. The summed E-state index contributed by atoms with van der Waals surface area (Å²) in [7, 11) is -3.59. The lowest BCUT2D eigenvalue weighted by Gasteiger charge is -2.24. The van der Waals surface area contributed by atoms with Crippen LogP contribution in [0.4, 0.5) is 9.52 Å². The third kappa shape index (κ3) is 7.88. The van der Waals surface area contributed by atoms with E-state index in [0.717, 1.165) is 40.3 Å². The highest BCUT2D eigenvalue weighted by atomic mass is 35.5. The number of carbonyl (C=O) groups excluding carboxylic acids is 1. The maximum atomic E-state index is 13.2. The molecule has 35 heavy (non-hydrogen) atoms. The SMILES string of the molecule is CCN(CC)CCN(C(=O)CCCS(=O)(=O)c1ccc(F)cc1)c1nc2ccc(SC)cc2s1.Cl. The molecule has 0 bridgehead atoms. The molecule has 0 spiro atoms. The monoisotopic (exact) mass is 559 g/mol. The Morgan fingerprint density at radius 2 is 1.77 bits per heavy atom. The highest BCUT2D eigenvalue weighted by Gasteiger charge is 2.22. The lowest BCUT2D eigenvalue weighted by Crippen LogP contribution is -2.38. The van der Waals surface area contributed by atoms with E-state index >= 15 is 0 Å². The van der Waals surface area contributed by atoms with Crippen LogP contribution in [0.1, 0.15) is 26.7 Å². The summed E-state index contributed by atoms with van der Waals surface area (Å²) >= 11 is 3.13. The smallest absolute Gasteiger partial charge is 0.228 e. The van der Waals surface area contributed by atoms with E-state index in [9.17, 15) is 17.6 Å². The van der Waals surface area contributed by atoms with Gasteiger partial charge in [-0.15, -0.1) is 24.2 Å². The maximum Gasteiger partial charge on any atom is 0.228 e. The number of anilines is 1. The van der Waals surface area contributed by atoms with Crippen LogP contribution in [-0.4, -0.2) is 62.4 Å². The van der Waals surface area contributed by atoms with E-state index in [0.29, 0.717) is 18.2 Å². The van der Waals surface area contributed by atoms with Crippen LogP contribution >= 0.6 is 35.5 Å². The van der Waals surface area contributed by atoms with E-state index in [2.05, 4.69) is 24.8 Å². The summed E-state index contributed by atoms with van der Waals surface area (Å²) in [5.41, 5.74) is 0.845. The second-order valence-corrected chi connectivity index (χ2v) is 11.8. The van der Waals surface area contributed by atoms with Crippen molar-refractivity contribution in [1.82, 2.24) is 9.88 Å². The maximum absolute atomic E-state index is 13.2. The molecular weight excluding hydrogens is 529 g/mol. The fraction of sp³-hybridized carbons (Fsp3) is 0.417. The van der Waals surface area contributed by atoms with Crippen molar-refractivity contribution in [2.45, 2.75) is 36.5 Å². The first-order valence-corrected chi connectivity index (χ1v) is 14.9. The first kappa shape index (κ1) is 29.5. The van der Waals surface area contributed by atoms with Crippen molar-refractivity contribution in [3.05, 3.63) is 48.3 Å². The van der Waals surface area contributed by atoms with Gasteiger partial charge >= 0.3 is 0 Å². The molecule has 0 unspecified atom stereocenters. The Morgan fingerprint density at radius 1 is 1.09 bits per heavy atom. The Balaban J connectivity index is 0.00000432. The van der Waals surface area contributed by atoms with E-state index in [1.807, 2.05) is 18.4 Å². The number of fused-ring (bicyclic) bond motifs is 1. The van der Waals surface area contributed by atoms with Gasteiger partial charge in [0.25, 0.3) is 0 Å². The second kappa shape index (κ2) is 13.5. The number of hydrogen-bond acceptors (Lipinski definition) is 7. The quantitative estimate of drug-likeness (QED) is 0.215. The molecule has 0 saturated heterocycles. The minimum atomic E-state index is -3.59. The van der Waals surface area contributed by atoms with E-state index in [1.54, 1.807) is 16.7 Å². The van der Waals surface area contributed by atoms with Gasteiger partial charge in [-0.25, -0.2) is 17.8 Å². The van der Waals surface area contributed by atoms with Crippen molar-refractivity contribution in [2.24, 2.45) is 0 Å². The third-order valence-corrected chi connectivity index (χ3v) is 9.21. The molecule has 0 aliphatic rings. The number of likely N-dealkylation sites (N-methyl/N-ethyl adjacent to an activating group) is 1. The molecular formula is C24H31ClFN3O3S3. The van der Waals surface area contributed by atoms with Gasteiger partial charge in [-0.3, -0.25) is 9.69 Å². The van der Waals surface area contributed by atoms with Crippen molar-refractivity contribution >= 4 is 66.6 Å².